The molecule has 1 aromatic carbocycles. The molecule has 0 bridgehead atoms. The van der Waals surface area contributed by atoms with Gasteiger partial charge in [0.2, 0.25) is 0 Å². The maximum atomic E-state index is 11.5. The molecule has 0 saturated carbocycles. The molecule has 16 heavy (non-hydrogen) atoms. The third-order valence-corrected chi connectivity index (χ3v) is 1.83. The van der Waals surface area contributed by atoms with Crippen molar-refractivity contribution in [2.75, 3.05) is 6.61 Å². The van der Waals surface area contributed by atoms with Crippen molar-refractivity contribution in [2.45, 2.75) is 19.3 Å². The SMILES string of the molecule is [2H]C(c1ccc(O)c(O)c1)C([2H])(N)C(=O)OCC. The summed E-state index contributed by atoms with van der Waals surface area (Å²) in [6.07, 6.45) is -1.44. The van der Waals surface area contributed by atoms with Crippen molar-refractivity contribution in [3.63, 3.8) is 0 Å². The second-order valence-electron chi connectivity index (χ2n) is 3.07. The fourth-order valence-electron chi connectivity index (χ4n) is 1.08. The fraction of sp³-hybridized carbons (Fsp3) is 0.364. The molecule has 0 aliphatic carbocycles. The molecule has 0 aliphatic heterocycles. The maximum absolute atomic E-state index is 11.5. The third-order valence-electron chi connectivity index (χ3n) is 1.83. The first-order chi connectivity index (χ1) is 8.30. The number of phenolic OH excluding ortho intramolecular Hbond substituents is 2. The summed E-state index contributed by atoms with van der Waals surface area (Å²) in [4.78, 5) is 11.5. The summed E-state index contributed by atoms with van der Waals surface area (Å²) in [5.41, 5.74) is 5.61. The molecule has 0 aliphatic rings. The maximum Gasteiger partial charge on any atom is 0.323 e. The number of nitrogens with two attached hydrogens (primary N) is 1. The summed E-state index contributed by atoms with van der Waals surface area (Å²) < 4.78 is 20.1. The highest BCUT2D eigenvalue weighted by Crippen LogP contribution is 2.25. The van der Waals surface area contributed by atoms with Crippen LogP contribution < -0.4 is 5.73 Å². The van der Waals surface area contributed by atoms with Crippen LogP contribution in [0.5, 0.6) is 11.5 Å². The molecule has 0 fully saturated rings. The molecule has 1 rings (SSSR count). The zero-order chi connectivity index (χ0) is 13.9. The molecule has 88 valence electrons. The molecule has 0 amide bonds. The number of ether oxygens (including phenoxy) is 1. The lowest BCUT2D eigenvalue weighted by Crippen LogP contribution is -2.34. The van der Waals surface area contributed by atoms with E-state index >= 15 is 0 Å². The van der Waals surface area contributed by atoms with E-state index in [0.717, 1.165) is 12.1 Å². The highest BCUT2D eigenvalue weighted by molar-refractivity contribution is 5.75. The number of esters is 1. The first kappa shape index (κ1) is 9.47. The van der Waals surface area contributed by atoms with Crippen molar-refractivity contribution in [1.82, 2.24) is 0 Å². The van der Waals surface area contributed by atoms with Crippen LogP contribution >= 0.6 is 0 Å². The van der Waals surface area contributed by atoms with Crippen molar-refractivity contribution in [2.24, 2.45) is 5.73 Å². The molecule has 1 aromatic rings. The summed E-state index contributed by atoms with van der Waals surface area (Å²) in [6, 6.07) is 1.28. The van der Waals surface area contributed by atoms with Crippen LogP contribution in [0.15, 0.2) is 18.2 Å². The average molecular weight is 227 g/mol. The number of carbonyl (C=O) groups excluding carboxylic acids is 1. The summed E-state index contributed by atoms with van der Waals surface area (Å²) in [7, 11) is 0. The number of hydrogen-bond acceptors (Lipinski definition) is 5. The molecule has 0 radical (unpaired) electrons. The molecule has 5 heteroatoms. The van der Waals surface area contributed by atoms with E-state index in [0.29, 0.717) is 0 Å². The van der Waals surface area contributed by atoms with Crippen molar-refractivity contribution in [3.8, 4) is 11.5 Å². The van der Waals surface area contributed by atoms with Gasteiger partial charge < -0.3 is 20.7 Å². The number of rotatable bonds is 4. The van der Waals surface area contributed by atoms with Gasteiger partial charge in [0.1, 0.15) is 6.02 Å². The normalized spacial score (nSPS) is 17.9. The molecule has 4 N–H and O–H groups in total. The molecule has 0 spiro atoms. The summed E-state index contributed by atoms with van der Waals surface area (Å²) in [5, 5.41) is 18.4. The lowest BCUT2D eigenvalue weighted by molar-refractivity contribution is -0.144. The molecule has 2 atom stereocenters. The Morgan fingerprint density at radius 3 is 2.88 bits per heavy atom. The number of carbonyl (C=O) groups is 1. The molecule has 2 unspecified atom stereocenters. The van der Waals surface area contributed by atoms with Crippen LogP contribution in [0.3, 0.4) is 0 Å². The number of aromatic hydroxyl groups is 2. The van der Waals surface area contributed by atoms with Gasteiger partial charge in [-0.2, -0.15) is 0 Å². The second-order valence-corrected chi connectivity index (χ2v) is 3.07. The summed E-state index contributed by atoms with van der Waals surface area (Å²) in [6.45, 7) is 1.63. The molecule has 0 aromatic heterocycles. The smallest absolute Gasteiger partial charge is 0.323 e. The Morgan fingerprint density at radius 2 is 2.31 bits per heavy atom. The summed E-state index contributed by atoms with van der Waals surface area (Å²) in [5.74, 6) is -1.81. The van der Waals surface area contributed by atoms with Crippen LogP contribution in [-0.4, -0.2) is 28.8 Å². The minimum Gasteiger partial charge on any atom is -0.504 e. The van der Waals surface area contributed by atoms with E-state index in [1.54, 1.807) is 6.92 Å². The zero-order valence-corrected chi connectivity index (χ0v) is 8.80. The van der Waals surface area contributed by atoms with Crippen LogP contribution in [0, 0.1) is 0 Å². The molecule has 5 nitrogen and oxygen atoms in total. The molecule has 0 saturated heterocycles. The first-order valence-electron chi connectivity index (χ1n) is 5.78. The third kappa shape index (κ3) is 3.13. The first-order valence-corrected chi connectivity index (χ1v) is 4.71. The lowest BCUT2D eigenvalue weighted by atomic mass is 10.1. The molecular formula is C11H15NO4. The van der Waals surface area contributed by atoms with Gasteiger partial charge in [0, 0.05) is 1.37 Å². The van der Waals surface area contributed by atoms with E-state index in [9.17, 15) is 9.90 Å². The van der Waals surface area contributed by atoms with E-state index < -0.39 is 24.1 Å². The van der Waals surface area contributed by atoms with E-state index in [1.165, 1.54) is 6.07 Å². The largest absolute Gasteiger partial charge is 0.504 e. The van der Waals surface area contributed by atoms with Gasteiger partial charge in [0.25, 0.3) is 0 Å². The van der Waals surface area contributed by atoms with Crippen LogP contribution in [0.1, 0.15) is 15.2 Å². The van der Waals surface area contributed by atoms with Crippen LogP contribution in [-0.2, 0) is 15.9 Å². The van der Waals surface area contributed by atoms with Crippen molar-refractivity contribution in [3.05, 3.63) is 23.8 Å². The average Bonchev–Trinajstić information content (AvgIpc) is 2.32. The zero-order valence-electron chi connectivity index (χ0n) is 10.8. The van der Waals surface area contributed by atoms with Gasteiger partial charge in [-0.15, -0.1) is 0 Å². The summed E-state index contributed by atoms with van der Waals surface area (Å²) >= 11 is 0. The number of hydrogen-bond donors (Lipinski definition) is 3. The van der Waals surface area contributed by atoms with Crippen molar-refractivity contribution < 1.29 is 22.5 Å². The Morgan fingerprint density at radius 1 is 1.62 bits per heavy atom. The quantitative estimate of drug-likeness (QED) is 0.515. The highest BCUT2D eigenvalue weighted by atomic mass is 16.5. The van der Waals surface area contributed by atoms with Gasteiger partial charge in [-0.05, 0) is 31.0 Å². The van der Waals surface area contributed by atoms with Crippen LogP contribution in [0.4, 0.5) is 0 Å². The van der Waals surface area contributed by atoms with Gasteiger partial charge >= 0.3 is 5.97 Å². The minimum absolute atomic E-state index is 0.0597. The van der Waals surface area contributed by atoms with Gasteiger partial charge in [-0.1, -0.05) is 6.07 Å². The predicted molar refractivity (Wildman–Crippen MR) is 58.1 cm³/mol. The van der Waals surface area contributed by atoms with Gasteiger partial charge in [-0.3, -0.25) is 4.79 Å². The fourth-order valence-corrected chi connectivity index (χ4v) is 1.08. The Bertz CT molecular complexity index is 451. The lowest BCUT2D eigenvalue weighted by Gasteiger charge is -2.10. The van der Waals surface area contributed by atoms with Gasteiger partial charge in [-0.25, -0.2) is 0 Å². The Hall–Kier alpha value is -1.75. The van der Waals surface area contributed by atoms with Crippen molar-refractivity contribution in [1.29, 1.82) is 0 Å². The highest BCUT2D eigenvalue weighted by Gasteiger charge is 2.15. The van der Waals surface area contributed by atoms with E-state index in [2.05, 4.69) is 4.74 Å². The second kappa shape index (κ2) is 5.37. The minimum atomic E-state index is -2.28. The van der Waals surface area contributed by atoms with Gasteiger partial charge in [0.05, 0.1) is 7.98 Å². The number of phenols is 2. The van der Waals surface area contributed by atoms with Gasteiger partial charge in [0.15, 0.2) is 11.5 Å². The Labute approximate surface area is 96.3 Å². The Balaban J connectivity index is 3.01. The van der Waals surface area contributed by atoms with Crippen molar-refractivity contribution >= 4 is 5.97 Å². The van der Waals surface area contributed by atoms with Crippen LogP contribution in [0.25, 0.3) is 0 Å². The number of benzene rings is 1. The van der Waals surface area contributed by atoms with Crippen LogP contribution in [0.2, 0.25) is 0 Å². The standard InChI is InChI=1S/C11H15NO4/c1-2-16-11(15)8(12)5-7-3-4-9(13)10(14)6-7/h3-4,6,8,13-14H,2,5,12H2,1H3/i5D,8D. The van der Waals surface area contributed by atoms with E-state index in [-0.39, 0.29) is 17.9 Å². The Kier molecular flexibility index (Phi) is 3.18. The molecular weight excluding hydrogens is 210 g/mol. The van der Waals surface area contributed by atoms with E-state index in [1.807, 2.05) is 0 Å². The topological polar surface area (TPSA) is 92.8 Å². The molecule has 0 heterocycles. The van der Waals surface area contributed by atoms with E-state index in [4.69, 9.17) is 13.6 Å². The monoisotopic (exact) mass is 227 g/mol. The predicted octanol–water partition coefficient (Wildman–Crippen LogP) is 0.531.